The van der Waals surface area contributed by atoms with Gasteiger partial charge in [-0.25, -0.2) is 22.6 Å². The minimum atomic E-state index is -5.08. The highest BCUT2D eigenvalue weighted by Crippen LogP contribution is 2.33. The third-order valence-electron chi connectivity index (χ3n) is 5.60. The molecule has 0 saturated heterocycles. The lowest BCUT2D eigenvalue weighted by Crippen LogP contribution is -2.24. The molecule has 0 saturated carbocycles. The molecule has 0 bridgehead atoms. The maximum atomic E-state index is 14.8. The maximum Gasteiger partial charge on any atom is 0.490 e. The Hall–Kier alpha value is -4.31. The number of aliphatic hydroxyl groups excluding tert-OH is 1. The Labute approximate surface area is 218 Å². The number of fused-ring (bicyclic) bond motifs is 2. The zero-order valence-corrected chi connectivity index (χ0v) is 20.6. The van der Waals surface area contributed by atoms with Gasteiger partial charge in [-0.3, -0.25) is 5.10 Å². The SMILES string of the molecule is O=C(O)C(F)(F)F.O=S1(=O)CCc2ccc(Nc3ncc(F)c(N(CCO)c4cccc5[nH]ncc45)n3)cc21. The molecule has 206 valence electrons. The molecule has 5 rings (SSSR count). The van der Waals surface area contributed by atoms with Crippen LogP contribution in [0.2, 0.25) is 0 Å². The summed E-state index contributed by atoms with van der Waals surface area (Å²) < 4.78 is 71.0. The first-order chi connectivity index (χ1) is 18.4. The molecule has 0 unspecified atom stereocenters. The quantitative estimate of drug-likeness (QED) is 0.254. The molecule has 0 atom stereocenters. The number of carboxylic acid groups (broad SMARTS) is 1. The fraction of sp³-hybridized carbons (Fsp3) is 0.217. The monoisotopic (exact) mass is 568 g/mol. The summed E-state index contributed by atoms with van der Waals surface area (Å²) in [6.07, 6.45) is -1.93. The zero-order chi connectivity index (χ0) is 28.4. The number of nitrogens with zero attached hydrogens (tertiary/aromatic N) is 4. The minimum absolute atomic E-state index is 0.0287. The summed E-state index contributed by atoms with van der Waals surface area (Å²) in [5, 5.41) is 27.3. The predicted molar refractivity (Wildman–Crippen MR) is 131 cm³/mol. The molecular formula is C23H20F4N6O5S. The number of benzene rings is 2. The van der Waals surface area contributed by atoms with Gasteiger partial charge in [-0.05, 0) is 36.2 Å². The number of anilines is 4. The van der Waals surface area contributed by atoms with E-state index in [0.717, 1.165) is 22.7 Å². The van der Waals surface area contributed by atoms with E-state index in [9.17, 15) is 31.1 Å². The van der Waals surface area contributed by atoms with Gasteiger partial charge < -0.3 is 20.4 Å². The molecule has 11 nitrogen and oxygen atoms in total. The van der Waals surface area contributed by atoms with Gasteiger partial charge in [-0.2, -0.15) is 23.3 Å². The molecule has 4 aromatic rings. The zero-order valence-electron chi connectivity index (χ0n) is 19.8. The van der Waals surface area contributed by atoms with E-state index in [1.807, 2.05) is 6.07 Å². The second-order valence-corrected chi connectivity index (χ2v) is 10.2. The minimum Gasteiger partial charge on any atom is -0.475 e. The van der Waals surface area contributed by atoms with E-state index in [1.165, 1.54) is 0 Å². The van der Waals surface area contributed by atoms with E-state index in [1.54, 1.807) is 41.4 Å². The molecule has 1 aliphatic rings. The van der Waals surface area contributed by atoms with Crippen LogP contribution in [0, 0.1) is 5.82 Å². The number of halogens is 4. The number of alkyl halides is 3. The molecule has 0 radical (unpaired) electrons. The number of hydrogen-bond acceptors (Lipinski definition) is 9. The average molecular weight is 569 g/mol. The van der Waals surface area contributed by atoms with Crippen molar-refractivity contribution in [3.05, 3.63) is 60.2 Å². The Balaban J connectivity index is 0.000000448. The Bertz CT molecular complexity index is 1630. The molecule has 2 aromatic heterocycles. The van der Waals surface area contributed by atoms with Crippen molar-refractivity contribution >= 4 is 49.9 Å². The number of hydrogen-bond donors (Lipinski definition) is 4. The molecule has 0 fully saturated rings. The van der Waals surface area contributed by atoms with Crippen molar-refractivity contribution in [2.75, 3.05) is 29.1 Å². The van der Waals surface area contributed by atoms with Crippen LogP contribution in [0.3, 0.4) is 0 Å². The smallest absolute Gasteiger partial charge is 0.475 e. The van der Waals surface area contributed by atoms with E-state index in [0.29, 0.717) is 22.7 Å². The molecule has 2 aromatic carbocycles. The van der Waals surface area contributed by atoms with Crippen LogP contribution in [0.4, 0.5) is 40.7 Å². The van der Waals surface area contributed by atoms with Crippen molar-refractivity contribution < 1.29 is 41.0 Å². The van der Waals surface area contributed by atoms with Gasteiger partial charge in [0.25, 0.3) is 0 Å². The Morgan fingerprint density at radius 2 is 1.92 bits per heavy atom. The van der Waals surface area contributed by atoms with Crippen molar-refractivity contribution in [3.8, 4) is 0 Å². The summed E-state index contributed by atoms with van der Waals surface area (Å²) in [6, 6.07) is 10.5. The molecule has 1 aliphatic heterocycles. The topological polar surface area (TPSA) is 161 Å². The third-order valence-corrected chi connectivity index (χ3v) is 7.39. The number of aryl methyl sites for hydroxylation is 1. The van der Waals surface area contributed by atoms with Crippen LogP contribution in [0.15, 0.2) is 53.7 Å². The van der Waals surface area contributed by atoms with Crippen LogP contribution >= 0.6 is 0 Å². The standard InChI is InChI=1S/C21H19FN6O3S.C2HF3O2/c22-16-12-23-21(25-14-5-4-13-6-9-32(30,31)19(13)10-14)26-20(16)28(7-8-29)18-3-1-2-17-15(18)11-24-27-17;3-2(4,5)1(6)7/h1-5,10-12,29H,6-9H2,(H,24,27)(H,23,25,26);(H,6,7). The van der Waals surface area contributed by atoms with Gasteiger partial charge in [0.15, 0.2) is 21.5 Å². The van der Waals surface area contributed by atoms with Crippen molar-refractivity contribution in [1.82, 2.24) is 20.2 Å². The van der Waals surface area contributed by atoms with Crippen LogP contribution in [0.5, 0.6) is 0 Å². The summed E-state index contributed by atoms with van der Waals surface area (Å²) in [5.41, 5.74) is 2.64. The summed E-state index contributed by atoms with van der Waals surface area (Å²) in [5.74, 6) is -3.26. The van der Waals surface area contributed by atoms with Gasteiger partial charge in [-0.15, -0.1) is 0 Å². The first-order valence-corrected chi connectivity index (χ1v) is 12.8. The average Bonchev–Trinajstić information content (AvgIpc) is 3.48. The summed E-state index contributed by atoms with van der Waals surface area (Å²) >= 11 is 0. The maximum absolute atomic E-state index is 14.8. The van der Waals surface area contributed by atoms with Crippen LogP contribution in [0.1, 0.15) is 5.56 Å². The third kappa shape index (κ3) is 6.06. The highest BCUT2D eigenvalue weighted by atomic mass is 32.2. The van der Waals surface area contributed by atoms with E-state index in [-0.39, 0.29) is 30.7 Å². The number of aliphatic carboxylic acids is 1. The lowest BCUT2D eigenvalue weighted by atomic mass is 10.1. The highest BCUT2D eigenvalue weighted by molar-refractivity contribution is 7.91. The van der Waals surface area contributed by atoms with Crippen LogP contribution < -0.4 is 10.2 Å². The molecular weight excluding hydrogens is 548 g/mol. The summed E-state index contributed by atoms with van der Waals surface area (Å²) in [6.45, 7) is -0.141. The summed E-state index contributed by atoms with van der Waals surface area (Å²) in [7, 11) is -3.29. The molecule has 0 spiro atoms. The Morgan fingerprint density at radius 1 is 1.18 bits per heavy atom. The van der Waals surface area contributed by atoms with E-state index >= 15 is 0 Å². The molecule has 16 heteroatoms. The number of aromatic amines is 1. The molecule has 39 heavy (non-hydrogen) atoms. The summed E-state index contributed by atoms with van der Waals surface area (Å²) in [4.78, 5) is 19.1. The van der Waals surface area contributed by atoms with Crippen molar-refractivity contribution in [1.29, 1.82) is 0 Å². The van der Waals surface area contributed by atoms with Gasteiger partial charge in [-0.1, -0.05) is 12.1 Å². The van der Waals surface area contributed by atoms with E-state index < -0.39 is 27.8 Å². The molecule has 0 aliphatic carbocycles. The predicted octanol–water partition coefficient (Wildman–Crippen LogP) is 3.33. The highest BCUT2D eigenvalue weighted by Gasteiger charge is 2.38. The second kappa shape index (κ2) is 10.8. The first-order valence-electron chi connectivity index (χ1n) is 11.2. The fourth-order valence-electron chi connectivity index (χ4n) is 3.85. The van der Waals surface area contributed by atoms with Crippen LogP contribution in [-0.4, -0.2) is 69.8 Å². The largest absolute Gasteiger partial charge is 0.490 e. The Kier molecular flexibility index (Phi) is 7.69. The van der Waals surface area contributed by atoms with Gasteiger partial charge in [0.1, 0.15) is 0 Å². The van der Waals surface area contributed by atoms with E-state index in [2.05, 4.69) is 25.5 Å². The van der Waals surface area contributed by atoms with Gasteiger partial charge in [0, 0.05) is 17.6 Å². The number of rotatable bonds is 6. The van der Waals surface area contributed by atoms with Crippen LogP contribution in [0.25, 0.3) is 10.9 Å². The lowest BCUT2D eigenvalue weighted by Gasteiger charge is -2.24. The molecule has 0 amide bonds. The number of H-pyrrole nitrogens is 1. The number of carboxylic acids is 1. The number of nitrogens with one attached hydrogen (secondary N) is 2. The van der Waals surface area contributed by atoms with Gasteiger partial charge in [0.05, 0.1) is 40.9 Å². The second-order valence-electron chi connectivity index (χ2n) is 8.17. The lowest BCUT2D eigenvalue weighted by molar-refractivity contribution is -0.192. The molecule has 3 heterocycles. The number of sulfone groups is 1. The molecule has 4 N–H and O–H groups in total. The number of aromatic nitrogens is 4. The fourth-order valence-corrected chi connectivity index (χ4v) is 5.43. The Morgan fingerprint density at radius 3 is 2.62 bits per heavy atom. The number of aliphatic hydroxyl groups is 1. The van der Waals surface area contributed by atoms with E-state index in [4.69, 9.17) is 9.90 Å². The van der Waals surface area contributed by atoms with Gasteiger partial charge >= 0.3 is 12.1 Å². The van der Waals surface area contributed by atoms with Gasteiger partial charge in [0.2, 0.25) is 5.95 Å². The van der Waals surface area contributed by atoms with Crippen LogP contribution in [-0.2, 0) is 21.1 Å². The van der Waals surface area contributed by atoms with Crippen molar-refractivity contribution in [2.24, 2.45) is 0 Å². The van der Waals surface area contributed by atoms with Crippen molar-refractivity contribution in [3.63, 3.8) is 0 Å². The first kappa shape index (κ1) is 27.7. The number of carbonyl (C=O) groups is 1. The van der Waals surface area contributed by atoms with Crippen molar-refractivity contribution in [2.45, 2.75) is 17.5 Å². The normalized spacial score (nSPS) is 13.9.